The molecule has 1 amide bonds. The number of benzene rings is 3. The summed E-state index contributed by atoms with van der Waals surface area (Å²) in [6.07, 6.45) is 1.42. The summed E-state index contributed by atoms with van der Waals surface area (Å²) in [5.74, 6) is 0.571. The minimum absolute atomic E-state index is 0.235. The molecule has 176 valence electrons. The molecule has 8 nitrogen and oxygen atoms in total. The fraction of sp³-hybridized carbons (Fsp3) is 0.125. The second-order valence-corrected chi connectivity index (χ2v) is 7.98. The van der Waals surface area contributed by atoms with Gasteiger partial charge in [-0.05, 0) is 76.1 Å². The number of halogens is 2. The van der Waals surface area contributed by atoms with Crippen LogP contribution in [0.3, 0.4) is 0 Å². The van der Waals surface area contributed by atoms with Gasteiger partial charge < -0.3 is 18.9 Å². The molecule has 0 atom stereocenters. The molecule has 0 aliphatic heterocycles. The average molecular weight is 548 g/mol. The Labute approximate surface area is 209 Å². The number of nitrogens with zero attached hydrogens (tertiary/aromatic N) is 1. The van der Waals surface area contributed by atoms with E-state index in [1.165, 1.54) is 20.4 Å². The van der Waals surface area contributed by atoms with Crippen LogP contribution >= 0.6 is 27.5 Å². The zero-order chi connectivity index (χ0) is 24.5. The molecule has 3 aromatic carbocycles. The molecular weight excluding hydrogens is 528 g/mol. The number of methoxy groups -OCH3 is 2. The zero-order valence-corrected chi connectivity index (χ0v) is 20.6. The summed E-state index contributed by atoms with van der Waals surface area (Å²) < 4.78 is 22.0. The molecule has 0 bridgehead atoms. The molecule has 0 aliphatic carbocycles. The standard InChI is InChI=1S/C24H20BrClN2O6/c1-31-18-5-3-4-16(11-18)24(30)34-21-8-6-15(10-22(21)32-2)13-27-28-23(29)14-33-20-9-7-17(26)12-19(20)25/h3-13H,14H2,1-2H3,(H,28,29)/b27-13+. The van der Waals surface area contributed by atoms with Crippen LogP contribution in [0.2, 0.25) is 5.02 Å². The Morgan fingerprint density at radius 2 is 1.79 bits per heavy atom. The monoisotopic (exact) mass is 546 g/mol. The highest BCUT2D eigenvalue weighted by atomic mass is 79.9. The Morgan fingerprint density at radius 3 is 2.53 bits per heavy atom. The van der Waals surface area contributed by atoms with Crippen LogP contribution in [0, 0.1) is 0 Å². The van der Waals surface area contributed by atoms with Crippen molar-refractivity contribution in [1.82, 2.24) is 5.43 Å². The van der Waals surface area contributed by atoms with E-state index in [1.807, 2.05) is 0 Å². The van der Waals surface area contributed by atoms with Crippen molar-refractivity contribution in [2.24, 2.45) is 5.10 Å². The molecule has 10 heteroatoms. The van der Waals surface area contributed by atoms with Crippen molar-refractivity contribution in [3.8, 4) is 23.0 Å². The summed E-state index contributed by atoms with van der Waals surface area (Å²) in [5, 5.41) is 4.45. The molecule has 3 aromatic rings. The number of nitrogens with one attached hydrogen (secondary N) is 1. The van der Waals surface area contributed by atoms with E-state index in [9.17, 15) is 9.59 Å². The molecule has 0 heterocycles. The lowest BCUT2D eigenvalue weighted by Gasteiger charge is -2.10. The van der Waals surface area contributed by atoms with Crippen molar-refractivity contribution >= 4 is 45.6 Å². The third-order valence-electron chi connectivity index (χ3n) is 4.35. The van der Waals surface area contributed by atoms with E-state index in [2.05, 4.69) is 26.5 Å². The number of rotatable bonds is 9. The summed E-state index contributed by atoms with van der Waals surface area (Å²) in [6.45, 7) is -0.236. The van der Waals surface area contributed by atoms with Gasteiger partial charge in [-0.2, -0.15) is 5.10 Å². The van der Waals surface area contributed by atoms with Crippen LogP contribution < -0.4 is 24.4 Å². The fourth-order valence-electron chi connectivity index (χ4n) is 2.70. The Hall–Kier alpha value is -3.56. The molecule has 34 heavy (non-hydrogen) atoms. The van der Waals surface area contributed by atoms with Gasteiger partial charge in [-0.25, -0.2) is 10.2 Å². The number of hydrogen-bond acceptors (Lipinski definition) is 7. The Morgan fingerprint density at radius 1 is 1.00 bits per heavy atom. The largest absolute Gasteiger partial charge is 0.497 e. The second-order valence-electron chi connectivity index (χ2n) is 6.69. The molecule has 1 N–H and O–H groups in total. The van der Waals surface area contributed by atoms with Crippen LogP contribution in [0.25, 0.3) is 0 Å². The molecule has 3 rings (SSSR count). The van der Waals surface area contributed by atoms with Gasteiger partial charge in [0.25, 0.3) is 5.91 Å². The zero-order valence-electron chi connectivity index (χ0n) is 18.2. The quantitative estimate of drug-likeness (QED) is 0.178. The van der Waals surface area contributed by atoms with Gasteiger partial charge in [-0.15, -0.1) is 0 Å². The molecule has 0 aromatic heterocycles. The maximum absolute atomic E-state index is 12.5. The Balaban J connectivity index is 1.57. The average Bonchev–Trinajstić information content (AvgIpc) is 2.84. The minimum atomic E-state index is -0.557. The molecule has 0 spiro atoms. The van der Waals surface area contributed by atoms with Crippen molar-refractivity contribution in [2.75, 3.05) is 20.8 Å². The summed E-state index contributed by atoms with van der Waals surface area (Å²) in [4.78, 5) is 24.4. The van der Waals surface area contributed by atoms with E-state index in [0.29, 0.717) is 37.9 Å². The number of carbonyl (C=O) groups excluding carboxylic acids is 2. The lowest BCUT2D eigenvalue weighted by Crippen LogP contribution is -2.24. The van der Waals surface area contributed by atoms with Crippen LogP contribution in [0.5, 0.6) is 23.0 Å². The molecule has 0 fully saturated rings. The first-order valence-corrected chi connectivity index (χ1v) is 11.0. The number of esters is 1. The Kier molecular flexibility index (Phi) is 8.89. The van der Waals surface area contributed by atoms with E-state index in [0.717, 1.165) is 0 Å². The predicted octanol–water partition coefficient (Wildman–Crippen LogP) is 4.87. The highest BCUT2D eigenvalue weighted by molar-refractivity contribution is 9.10. The highest BCUT2D eigenvalue weighted by Crippen LogP contribution is 2.29. The van der Waals surface area contributed by atoms with Crippen LogP contribution in [-0.4, -0.2) is 38.9 Å². The van der Waals surface area contributed by atoms with Gasteiger partial charge in [0.1, 0.15) is 11.5 Å². The lowest BCUT2D eigenvalue weighted by molar-refractivity contribution is -0.123. The number of ether oxygens (including phenoxy) is 4. The topological polar surface area (TPSA) is 95.5 Å². The van der Waals surface area contributed by atoms with Crippen molar-refractivity contribution < 1.29 is 28.5 Å². The van der Waals surface area contributed by atoms with Gasteiger partial charge in [-0.1, -0.05) is 17.7 Å². The molecule has 0 aliphatic rings. The number of hydrazone groups is 1. The van der Waals surface area contributed by atoms with E-state index in [4.69, 9.17) is 30.5 Å². The fourth-order valence-corrected chi connectivity index (χ4v) is 3.50. The van der Waals surface area contributed by atoms with E-state index >= 15 is 0 Å². The predicted molar refractivity (Wildman–Crippen MR) is 131 cm³/mol. The number of carbonyl (C=O) groups is 2. The number of amides is 1. The maximum Gasteiger partial charge on any atom is 0.343 e. The van der Waals surface area contributed by atoms with E-state index in [-0.39, 0.29) is 12.4 Å². The lowest BCUT2D eigenvalue weighted by atomic mass is 10.2. The summed E-state index contributed by atoms with van der Waals surface area (Å²) in [6, 6.07) is 16.4. The van der Waals surface area contributed by atoms with Gasteiger partial charge >= 0.3 is 5.97 Å². The van der Waals surface area contributed by atoms with Gasteiger partial charge in [0.15, 0.2) is 18.1 Å². The third kappa shape index (κ3) is 6.97. The van der Waals surface area contributed by atoms with E-state index in [1.54, 1.807) is 60.7 Å². The number of hydrogen-bond donors (Lipinski definition) is 1. The molecule has 0 saturated heterocycles. The van der Waals surface area contributed by atoms with Crippen LogP contribution in [0.15, 0.2) is 70.2 Å². The second kappa shape index (κ2) is 12.1. The van der Waals surface area contributed by atoms with Crippen molar-refractivity contribution in [3.63, 3.8) is 0 Å². The third-order valence-corrected chi connectivity index (χ3v) is 5.21. The summed E-state index contributed by atoms with van der Waals surface area (Å²) in [5.41, 5.74) is 3.32. The van der Waals surface area contributed by atoms with Gasteiger partial charge in [0.2, 0.25) is 0 Å². The van der Waals surface area contributed by atoms with Gasteiger partial charge in [0, 0.05) is 5.02 Å². The molecule has 0 radical (unpaired) electrons. The first kappa shape index (κ1) is 25.1. The van der Waals surface area contributed by atoms with Crippen molar-refractivity contribution in [2.45, 2.75) is 0 Å². The highest BCUT2D eigenvalue weighted by Gasteiger charge is 2.13. The SMILES string of the molecule is COc1cccc(C(=O)Oc2ccc(/C=N/NC(=O)COc3ccc(Cl)cc3Br)cc2OC)c1. The molecule has 0 saturated carbocycles. The van der Waals surface area contributed by atoms with E-state index < -0.39 is 11.9 Å². The van der Waals surface area contributed by atoms with Crippen LogP contribution in [0.1, 0.15) is 15.9 Å². The van der Waals surface area contributed by atoms with Crippen molar-refractivity contribution in [1.29, 1.82) is 0 Å². The first-order valence-electron chi connectivity index (χ1n) is 9.83. The van der Waals surface area contributed by atoms with Crippen molar-refractivity contribution in [3.05, 3.63) is 81.3 Å². The summed E-state index contributed by atoms with van der Waals surface area (Å²) in [7, 11) is 2.97. The first-order chi connectivity index (χ1) is 16.4. The summed E-state index contributed by atoms with van der Waals surface area (Å²) >= 11 is 9.19. The van der Waals surface area contributed by atoms with Gasteiger partial charge in [0.05, 0.1) is 30.5 Å². The minimum Gasteiger partial charge on any atom is -0.497 e. The molecule has 0 unspecified atom stereocenters. The Bertz CT molecular complexity index is 1220. The van der Waals surface area contributed by atoms with Crippen LogP contribution in [-0.2, 0) is 4.79 Å². The normalized spacial score (nSPS) is 10.6. The van der Waals surface area contributed by atoms with Crippen LogP contribution in [0.4, 0.5) is 0 Å². The van der Waals surface area contributed by atoms with Gasteiger partial charge in [-0.3, -0.25) is 4.79 Å². The smallest absolute Gasteiger partial charge is 0.343 e. The maximum atomic E-state index is 12.5. The molecular formula is C24H20BrClN2O6.